The molecule has 298 valence electrons. The monoisotopic (exact) mass is 801 g/mol. The van der Waals surface area contributed by atoms with Crippen molar-refractivity contribution in [2.45, 2.75) is 6.17 Å². The highest BCUT2D eigenvalue weighted by molar-refractivity contribution is 6.13. The van der Waals surface area contributed by atoms with Crippen molar-refractivity contribution in [1.82, 2.24) is 19.8 Å². The molecule has 7 nitrogen and oxygen atoms in total. The molecule has 0 saturated carbocycles. The molecule has 2 N–H and O–H groups in total. The van der Waals surface area contributed by atoms with Gasteiger partial charge in [-0.05, 0) is 72.3 Å². The maximum absolute atomic E-state index is 5.31. The van der Waals surface area contributed by atoms with Gasteiger partial charge in [0.05, 0.1) is 51.0 Å². The highest BCUT2D eigenvalue weighted by Crippen LogP contribution is 2.55. The van der Waals surface area contributed by atoms with Crippen molar-refractivity contribution < 1.29 is 0 Å². The minimum atomic E-state index is -0.106. The summed E-state index contributed by atoms with van der Waals surface area (Å²) in [4.78, 5) is 12.4. The van der Waals surface area contributed by atoms with E-state index in [1.54, 1.807) is 0 Å². The van der Waals surface area contributed by atoms with Gasteiger partial charge in [-0.3, -0.25) is 0 Å². The molecule has 62 heavy (non-hydrogen) atoms. The molecule has 0 amide bonds. The van der Waals surface area contributed by atoms with Gasteiger partial charge in [0.25, 0.3) is 0 Å². The van der Waals surface area contributed by atoms with E-state index in [2.05, 4.69) is 237 Å². The van der Waals surface area contributed by atoms with Crippen molar-refractivity contribution in [3.8, 4) is 28.1 Å². The Morgan fingerprint density at radius 2 is 1.29 bits per heavy atom. The average molecular weight is 802 g/mol. The first kappa shape index (κ1) is 35.9. The second kappa shape index (κ2) is 14.6. The van der Waals surface area contributed by atoms with Crippen molar-refractivity contribution in [3.63, 3.8) is 0 Å². The number of rotatable bonds is 6. The molecular weight excluding hydrogens is 759 g/mol. The van der Waals surface area contributed by atoms with Crippen LogP contribution >= 0.6 is 0 Å². The van der Waals surface area contributed by atoms with Gasteiger partial charge in [0, 0.05) is 77.1 Å². The van der Waals surface area contributed by atoms with E-state index in [1.165, 1.54) is 22.1 Å². The zero-order valence-corrected chi connectivity index (χ0v) is 34.3. The van der Waals surface area contributed by atoms with Crippen LogP contribution in [-0.2, 0) is 0 Å². The van der Waals surface area contributed by atoms with Crippen molar-refractivity contribution in [2.75, 3.05) is 35.3 Å². The number of anilines is 6. The lowest BCUT2D eigenvalue weighted by Gasteiger charge is -2.30. The third-order valence-corrected chi connectivity index (χ3v) is 12.4. The number of fused-ring (bicyclic) bond motifs is 8. The van der Waals surface area contributed by atoms with E-state index in [4.69, 9.17) is 4.98 Å². The van der Waals surface area contributed by atoms with Crippen LogP contribution < -0.4 is 20.4 Å². The second-order valence-corrected chi connectivity index (χ2v) is 16.2. The maximum Gasteiger partial charge on any atom is 0.130 e. The van der Waals surface area contributed by atoms with Crippen LogP contribution in [0.2, 0.25) is 0 Å². The van der Waals surface area contributed by atoms with E-state index in [9.17, 15) is 0 Å². The summed E-state index contributed by atoms with van der Waals surface area (Å²) in [6, 6.07) is 59.5. The minimum Gasteiger partial charge on any atom is -0.387 e. The van der Waals surface area contributed by atoms with Crippen molar-refractivity contribution in [2.24, 2.45) is 0 Å². The number of hydrogen-bond donors (Lipinski definition) is 2. The normalized spacial score (nSPS) is 16.1. The fourth-order valence-electron chi connectivity index (χ4n) is 9.69. The summed E-state index contributed by atoms with van der Waals surface area (Å²) in [5.41, 5.74) is 18.8. The van der Waals surface area contributed by atoms with Crippen LogP contribution in [0.5, 0.6) is 0 Å². The Morgan fingerprint density at radius 3 is 2.11 bits per heavy atom. The maximum atomic E-state index is 5.31. The number of dihydropyridines is 1. The summed E-state index contributed by atoms with van der Waals surface area (Å²) < 4.78 is 2.48. The third kappa shape index (κ3) is 5.85. The fraction of sp³-hybridized carbons (Fsp3) is 0.0727. The molecule has 0 spiro atoms. The SMILES string of the molecule is CN1C=C(c2cc(-n3c4c(c5ccccc53)-c3ccccc3N(c3cccc(C5Nc6ccccc6N5c5ccccc5)c3)c3ccccc3-4)cc(C3=CNCC=C3)n2)C=CC1. The predicted octanol–water partition coefficient (Wildman–Crippen LogP) is 12.7. The molecule has 4 aliphatic rings. The molecule has 8 aromatic rings. The Bertz CT molecular complexity index is 3190. The fourth-order valence-corrected chi connectivity index (χ4v) is 9.69. The van der Waals surface area contributed by atoms with Gasteiger partial charge in [0.1, 0.15) is 6.17 Å². The van der Waals surface area contributed by atoms with E-state index >= 15 is 0 Å². The van der Waals surface area contributed by atoms with Crippen LogP contribution in [0.15, 0.2) is 200 Å². The predicted molar refractivity (Wildman–Crippen MR) is 256 cm³/mol. The van der Waals surface area contributed by atoms with Crippen molar-refractivity contribution in [1.29, 1.82) is 0 Å². The Balaban J connectivity index is 1.08. The van der Waals surface area contributed by atoms with Crippen LogP contribution in [-0.4, -0.2) is 34.6 Å². The molecule has 2 aromatic heterocycles. The van der Waals surface area contributed by atoms with Gasteiger partial charge in [-0.25, -0.2) is 4.98 Å². The minimum absolute atomic E-state index is 0.106. The summed E-state index contributed by atoms with van der Waals surface area (Å²) in [6.45, 7) is 1.67. The molecule has 0 bridgehead atoms. The molecule has 0 radical (unpaired) electrons. The number of nitrogens with zero attached hydrogens (tertiary/aromatic N) is 5. The number of hydrogen-bond acceptors (Lipinski definition) is 6. The third-order valence-electron chi connectivity index (χ3n) is 12.4. The number of aromatic nitrogens is 2. The first-order chi connectivity index (χ1) is 30.7. The first-order valence-electron chi connectivity index (χ1n) is 21.3. The van der Waals surface area contributed by atoms with Crippen molar-refractivity contribution >= 4 is 56.2 Å². The zero-order chi connectivity index (χ0) is 41.1. The van der Waals surface area contributed by atoms with Gasteiger partial charge in [0.2, 0.25) is 0 Å². The zero-order valence-electron chi connectivity index (χ0n) is 34.3. The lowest BCUT2D eigenvalue weighted by molar-refractivity contribution is 0.507. The molecule has 0 saturated heterocycles. The molecule has 0 fully saturated rings. The molecule has 1 atom stereocenters. The number of para-hydroxylation sites is 6. The largest absolute Gasteiger partial charge is 0.387 e. The van der Waals surface area contributed by atoms with E-state index in [1.807, 2.05) is 0 Å². The Labute approximate surface area is 361 Å². The quantitative estimate of drug-likeness (QED) is 0.175. The number of benzene rings is 6. The molecule has 7 heteroatoms. The van der Waals surface area contributed by atoms with Gasteiger partial charge in [0.15, 0.2) is 0 Å². The lowest BCUT2D eigenvalue weighted by atomic mass is 9.98. The van der Waals surface area contributed by atoms with Gasteiger partial charge in [-0.1, -0.05) is 121 Å². The topological polar surface area (TPSA) is 51.6 Å². The summed E-state index contributed by atoms with van der Waals surface area (Å²) >= 11 is 0. The Hall–Kier alpha value is -8.03. The van der Waals surface area contributed by atoms with Crippen LogP contribution in [0.1, 0.15) is 23.1 Å². The average Bonchev–Trinajstić information content (AvgIpc) is 3.86. The molecule has 6 heterocycles. The van der Waals surface area contributed by atoms with Gasteiger partial charge >= 0.3 is 0 Å². The first-order valence-corrected chi connectivity index (χ1v) is 21.3. The Kier molecular flexibility index (Phi) is 8.45. The number of nitrogens with one attached hydrogen (secondary N) is 2. The Morgan fingerprint density at radius 1 is 0.597 bits per heavy atom. The van der Waals surface area contributed by atoms with E-state index < -0.39 is 0 Å². The number of pyridine rings is 1. The van der Waals surface area contributed by atoms with Crippen LogP contribution in [0.4, 0.5) is 34.1 Å². The molecule has 12 rings (SSSR count). The van der Waals surface area contributed by atoms with Crippen LogP contribution in [0.25, 0.3) is 50.1 Å². The lowest BCUT2D eigenvalue weighted by Crippen LogP contribution is -2.23. The summed E-state index contributed by atoms with van der Waals surface area (Å²) in [5.74, 6) is 0. The highest BCUT2D eigenvalue weighted by Gasteiger charge is 2.34. The second-order valence-electron chi connectivity index (χ2n) is 16.2. The summed E-state index contributed by atoms with van der Waals surface area (Å²) in [7, 11) is 2.11. The smallest absolute Gasteiger partial charge is 0.130 e. The molecule has 1 unspecified atom stereocenters. The number of allylic oxidation sites excluding steroid dienone is 4. The summed E-state index contributed by atoms with van der Waals surface area (Å²) in [5, 5.41) is 8.49. The standard InChI is InChI=1S/C55H43N7/c1-59-31-15-18-39(36-59)48-34-42(33-47(57-48)38-17-14-30-56-35-38)61-50-27-10-6-23-44(50)53-43-22-5-9-26-49(43)60(51-28-11-7-24-45(51)54(53)61)41-21-13-16-37(32-41)55-58-46-25-8-12-29-52(46)62(55)40-19-3-2-4-20-40/h2-29,32-36,55-56,58H,30-31H2,1H3. The number of likely N-dealkylation sites (N-methyl/N-ethyl adjacent to an activating group) is 1. The molecular formula is C55H43N7. The molecule has 0 aliphatic carbocycles. The van der Waals surface area contributed by atoms with Crippen molar-refractivity contribution in [3.05, 3.63) is 217 Å². The molecule has 6 aromatic carbocycles. The van der Waals surface area contributed by atoms with E-state index in [-0.39, 0.29) is 6.17 Å². The molecule has 4 aliphatic heterocycles. The van der Waals surface area contributed by atoms with Crippen LogP contribution in [0, 0.1) is 0 Å². The van der Waals surface area contributed by atoms with Crippen LogP contribution in [0.3, 0.4) is 0 Å². The van der Waals surface area contributed by atoms with E-state index in [0.29, 0.717) is 0 Å². The highest BCUT2D eigenvalue weighted by atomic mass is 15.3. The van der Waals surface area contributed by atoms with Gasteiger partial charge in [-0.2, -0.15) is 0 Å². The van der Waals surface area contributed by atoms with E-state index in [0.717, 1.165) is 92.2 Å². The summed E-state index contributed by atoms with van der Waals surface area (Å²) in [6.07, 6.45) is 12.9. The van der Waals surface area contributed by atoms with Gasteiger partial charge < -0.3 is 29.9 Å². The van der Waals surface area contributed by atoms with Gasteiger partial charge in [-0.15, -0.1) is 0 Å².